The molecule has 2 aromatic carbocycles. The van der Waals surface area contributed by atoms with Crippen LogP contribution in [0.3, 0.4) is 0 Å². The third-order valence-corrected chi connectivity index (χ3v) is 4.08. The van der Waals surface area contributed by atoms with Crippen LogP contribution in [0.25, 0.3) is 0 Å². The van der Waals surface area contributed by atoms with Gasteiger partial charge in [-0.05, 0) is 44.4 Å². The molecule has 0 spiro atoms. The molecule has 0 aliphatic carbocycles. The van der Waals surface area contributed by atoms with Crippen LogP contribution in [0.1, 0.15) is 48.3 Å². The molecule has 1 aliphatic heterocycles. The number of rotatable bonds is 2. The van der Waals surface area contributed by atoms with Gasteiger partial charge < -0.3 is 4.90 Å². The van der Waals surface area contributed by atoms with E-state index in [2.05, 4.69) is 51.1 Å². The van der Waals surface area contributed by atoms with E-state index in [0.29, 0.717) is 0 Å². The van der Waals surface area contributed by atoms with Crippen LogP contribution in [-0.2, 0) is 6.42 Å². The second-order valence-corrected chi connectivity index (χ2v) is 6.64. The van der Waals surface area contributed by atoms with E-state index in [-0.39, 0.29) is 17.5 Å². The summed E-state index contributed by atoms with van der Waals surface area (Å²) in [6.07, 6.45) is 0.862. The van der Waals surface area contributed by atoms with Crippen LogP contribution >= 0.6 is 0 Å². The van der Waals surface area contributed by atoms with Gasteiger partial charge in [-0.1, -0.05) is 48.5 Å². The largest absolute Gasteiger partial charge is 0.326 e. The number of benzene rings is 2. The van der Waals surface area contributed by atoms with Crippen LogP contribution in [0.4, 0.5) is 0 Å². The van der Waals surface area contributed by atoms with Gasteiger partial charge in [0, 0.05) is 11.1 Å². The Morgan fingerprint density at radius 3 is 2.24 bits per heavy atom. The smallest absolute Gasteiger partial charge is 0.255 e. The normalized spacial score (nSPS) is 18.0. The molecule has 0 aromatic heterocycles. The van der Waals surface area contributed by atoms with E-state index in [1.165, 1.54) is 5.56 Å². The molecule has 108 valence electrons. The van der Waals surface area contributed by atoms with E-state index in [4.69, 9.17) is 0 Å². The van der Waals surface area contributed by atoms with Crippen molar-refractivity contribution < 1.29 is 4.79 Å². The van der Waals surface area contributed by atoms with E-state index in [9.17, 15) is 4.79 Å². The molecule has 2 aromatic rings. The molecule has 0 N–H and O–H groups in total. The lowest BCUT2D eigenvalue weighted by atomic mass is 9.96. The molecule has 2 heteroatoms. The van der Waals surface area contributed by atoms with E-state index in [0.717, 1.165) is 17.5 Å². The summed E-state index contributed by atoms with van der Waals surface area (Å²) in [7, 11) is 0. The summed E-state index contributed by atoms with van der Waals surface area (Å²) in [4.78, 5) is 14.8. The predicted molar refractivity (Wildman–Crippen MR) is 85.3 cm³/mol. The van der Waals surface area contributed by atoms with Crippen molar-refractivity contribution in [3.05, 3.63) is 71.3 Å². The van der Waals surface area contributed by atoms with Gasteiger partial charge in [-0.2, -0.15) is 0 Å². The van der Waals surface area contributed by atoms with Crippen LogP contribution in [0.2, 0.25) is 0 Å². The molecule has 0 fully saturated rings. The first-order chi connectivity index (χ1) is 9.98. The Balaban J connectivity index is 2.04. The van der Waals surface area contributed by atoms with Crippen molar-refractivity contribution >= 4 is 5.91 Å². The lowest BCUT2D eigenvalue weighted by molar-refractivity contribution is 0.0502. The summed E-state index contributed by atoms with van der Waals surface area (Å²) < 4.78 is 0. The van der Waals surface area contributed by atoms with Crippen LogP contribution in [0, 0.1) is 0 Å². The van der Waals surface area contributed by atoms with Crippen molar-refractivity contribution in [1.29, 1.82) is 0 Å². The summed E-state index contributed by atoms with van der Waals surface area (Å²) in [5, 5.41) is 0. The molecular formula is C19H21NO. The fourth-order valence-electron chi connectivity index (χ4n) is 3.20. The van der Waals surface area contributed by atoms with E-state index in [1.807, 2.05) is 29.2 Å². The van der Waals surface area contributed by atoms with Gasteiger partial charge in [-0.25, -0.2) is 0 Å². The standard InChI is InChI=1S/C19H21NO/c1-19(2,3)20-17(13-14-9-5-4-6-10-14)15-11-7-8-12-16(15)18(20)21/h4-12,17H,13H2,1-3H3. The summed E-state index contributed by atoms with van der Waals surface area (Å²) >= 11 is 0. The van der Waals surface area contributed by atoms with Gasteiger partial charge in [0.15, 0.2) is 0 Å². The van der Waals surface area contributed by atoms with Gasteiger partial charge in [-0.3, -0.25) is 4.79 Å². The predicted octanol–water partition coefficient (Wildman–Crippen LogP) is 4.22. The average Bonchev–Trinajstić information content (AvgIpc) is 2.73. The maximum atomic E-state index is 12.8. The number of nitrogens with zero attached hydrogens (tertiary/aromatic N) is 1. The molecule has 2 nitrogen and oxygen atoms in total. The van der Waals surface area contributed by atoms with Crippen LogP contribution < -0.4 is 0 Å². The molecule has 0 saturated heterocycles. The zero-order valence-corrected chi connectivity index (χ0v) is 12.8. The van der Waals surface area contributed by atoms with E-state index in [1.54, 1.807) is 0 Å². The number of carbonyl (C=O) groups is 1. The van der Waals surface area contributed by atoms with Crippen LogP contribution in [0.5, 0.6) is 0 Å². The third-order valence-electron chi connectivity index (χ3n) is 4.08. The number of hydrogen-bond donors (Lipinski definition) is 0. The number of carbonyl (C=O) groups excluding carboxylic acids is 1. The highest BCUT2D eigenvalue weighted by molar-refractivity contribution is 5.99. The minimum absolute atomic E-state index is 0.121. The summed E-state index contributed by atoms with van der Waals surface area (Å²) in [6.45, 7) is 6.32. The Morgan fingerprint density at radius 2 is 1.57 bits per heavy atom. The highest BCUT2D eigenvalue weighted by Crippen LogP contribution is 2.40. The van der Waals surface area contributed by atoms with Gasteiger partial charge in [0.25, 0.3) is 5.91 Å². The first-order valence-electron chi connectivity index (χ1n) is 7.45. The van der Waals surface area contributed by atoms with Crippen molar-refractivity contribution in [1.82, 2.24) is 4.90 Å². The topological polar surface area (TPSA) is 20.3 Å². The maximum Gasteiger partial charge on any atom is 0.255 e. The number of fused-ring (bicyclic) bond motifs is 1. The van der Waals surface area contributed by atoms with Gasteiger partial charge in [0.2, 0.25) is 0 Å². The minimum atomic E-state index is -0.185. The fourth-order valence-corrected chi connectivity index (χ4v) is 3.20. The summed E-state index contributed by atoms with van der Waals surface area (Å²) in [5.74, 6) is 0.152. The van der Waals surface area contributed by atoms with Crippen LogP contribution in [0.15, 0.2) is 54.6 Å². The van der Waals surface area contributed by atoms with Crippen molar-refractivity contribution in [3.63, 3.8) is 0 Å². The SMILES string of the molecule is CC(C)(C)N1C(=O)c2ccccc2C1Cc1ccccc1. The second kappa shape index (κ2) is 5.03. The number of amides is 1. The van der Waals surface area contributed by atoms with Gasteiger partial charge >= 0.3 is 0 Å². The van der Waals surface area contributed by atoms with Crippen molar-refractivity contribution in [2.75, 3.05) is 0 Å². The second-order valence-electron chi connectivity index (χ2n) is 6.64. The zero-order chi connectivity index (χ0) is 15.0. The quantitative estimate of drug-likeness (QED) is 0.805. The molecule has 0 bridgehead atoms. The highest BCUT2D eigenvalue weighted by Gasteiger charge is 2.41. The Bertz CT molecular complexity index is 655. The van der Waals surface area contributed by atoms with Crippen molar-refractivity contribution in [3.8, 4) is 0 Å². The minimum Gasteiger partial charge on any atom is -0.326 e. The monoisotopic (exact) mass is 279 g/mol. The molecule has 1 amide bonds. The first-order valence-corrected chi connectivity index (χ1v) is 7.45. The van der Waals surface area contributed by atoms with Crippen molar-refractivity contribution in [2.24, 2.45) is 0 Å². The Kier molecular flexibility index (Phi) is 3.32. The summed E-state index contributed by atoms with van der Waals surface area (Å²) in [5.41, 5.74) is 3.09. The molecule has 1 aliphatic rings. The van der Waals surface area contributed by atoms with Crippen LogP contribution in [-0.4, -0.2) is 16.3 Å². The van der Waals surface area contributed by atoms with E-state index >= 15 is 0 Å². The molecule has 1 unspecified atom stereocenters. The zero-order valence-electron chi connectivity index (χ0n) is 12.8. The van der Waals surface area contributed by atoms with E-state index < -0.39 is 0 Å². The maximum absolute atomic E-state index is 12.8. The average molecular weight is 279 g/mol. The van der Waals surface area contributed by atoms with Crippen molar-refractivity contribution in [2.45, 2.75) is 38.8 Å². The number of hydrogen-bond acceptors (Lipinski definition) is 1. The molecule has 0 radical (unpaired) electrons. The Hall–Kier alpha value is -2.09. The molecular weight excluding hydrogens is 258 g/mol. The molecule has 0 saturated carbocycles. The lowest BCUT2D eigenvalue weighted by Gasteiger charge is -2.37. The Morgan fingerprint density at radius 1 is 0.952 bits per heavy atom. The molecule has 3 rings (SSSR count). The van der Waals surface area contributed by atoms with Gasteiger partial charge in [0.05, 0.1) is 6.04 Å². The highest BCUT2D eigenvalue weighted by atomic mass is 16.2. The molecule has 1 atom stereocenters. The summed E-state index contributed by atoms with van der Waals surface area (Å²) in [6, 6.07) is 18.5. The molecule has 21 heavy (non-hydrogen) atoms. The molecule has 1 heterocycles. The first kappa shape index (κ1) is 13.9. The van der Waals surface area contributed by atoms with Gasteiger partial charge in [-0.15, -0.1) is 0 Å². The van der Waals surface area contributed by atoms with Gasteiger partial charge in [0.1, 0.15) is 0 Å². The Labute approximate surface area is 126 Å². The fraction of sp³-hybridized carbons (Fsp3) is 0.316. The lowest BCUT2D eigenvalue weighted by Crippen LogP contribution is -2.44. The third kappa shape index (κ3) is 2.46.